The van der Waals surface area contributed by atoms with Gasteiger partial charge in [0.1, 0.15) is 11.5 Å². The quantitative estimate of drug-likeness (QED) is 0.777. The Balaban J connectivity index is 1.77. The summed E-state index contributed by atoms with van der Waals surface area (Å²) in [7, 11) is 0. The summed E-state index contributed by atoms with van der Waals surface area (Å²) in [5.41, 5.74) is 4.77. The maximum atomic E-state index is 11.8. The third-order valence-electron chi connectivity index (χ3n) is 3.07. The van der Waals surface area contributed by atoms with E-state index >= 15 is 0 Å². The first-order chi connectivity index (χ1) is 10.1. The van der Waals surface area contributed by atoms with E-state index in [1.807, 2.05) is 6.92 Å². The summed E-state index contributed by atoms with van der Waals surface area (Å²) in [5.74, 6) is 0.829. The fourth-order valence-electron chi connectivity index (χ4n) is 1.71. The number of nitrogens with one attached hydrogen (secondary N) is 2. The molecule has 1 saturated carbocycles. The molecule has 2 N–H and O–H groups in total. The highest BCUT2D eigenvalue weighted by molar-refractivity contribution is 5.86. The van der Waals surface area contributed by atoms with Gasteiger partial charge in [0.2, 0.25) is 5.91 Å². The van der Waals surface area contributed by atoms with Crippen molar-refractivity contribution in [1.82, 2.24) is 10.9 Å². The first kappa shape index (κ1) is 15.2. The number of carbonyl (C=O) groups is 2. The van der Waals surface area contributed by atoms with Crippen LogP contribution in [0.15, 0.2) is 24.3 Å². The first-order valence-corrected chi connectivity index (χ1v) is 7.09. The fraction of sp³-hybridized carbons (Fsp3) is 0.467. The highest BCUT2D eigenvalue weighted by Crippen LogP contribution is 2.28. The van der Waals surface area contributed by atoms with Gasteiger partial charge in [-0.15, -0.1) is 0 Å². The van der Waals surface area contributed by atoms with E-state index < -0.39 is 12.0 Å². The fourth-order valence-corrected chi connectivity index (χ4v) is 1.71. The lowest BCUT2D eigenvalue weighted by Gasteiger charge is -2.15. The topological polar surface area (TPSA) is 76.7 Å². The number of carbonyl (C=O) groups excluding carboxylic acids is 2. The van der Waals surface area contributed by atoms with Crippen LogP contribution in [0.25, 0.3) is 0 Å². The van der Waals surface area contributed by atoms with Crippen molar-refractivity contribution >= 4 is 11.8 Å². The number of amides is 2. The van der Waals surface area contributed by atoms with Gasteiger partial charge in [0, 0.05) is 5.92 Å². The summed E-state index contributed by atoms with van der Waals surface area (Å²) in [6, 6.07) is 7.02. The van der Waals surface area contributed by atoms with Crippen LogP contribution in [0.3, 0.4) is 0 Å². The van der Waals surface area contributed by atoms with Gasteiger partial charge >= 0.3 is 0 Å². The van der Waals surface area contributed by atoms with Crippen LogP contribution in [0, 0.1) is 5.92 Å². The predicted octanol–water partition coefficient (Wildman–Crippen LogP) is 1.41. The molecular weight excluding hydrogens is 272 g/mol. The van der Waals surface area contributed by atoms with Crippen molar-refractivity contribution in [2.75, 3.05) is 6.61 Å². The molecule has 1 aliphatic rings. The van der Waals surface area contributed by atoms with Gasteiger partial charge in [-0.1, -0.05) is 0 Å². The van der Waals surface area contributed by atoms with Crippen molar-refractivity contribution in [2.24, 2.45) is 5.92 Å². The van der Waals surface area contributed by atoms with Crippen molar-refractivity contribution in [1.29, 1.82) is 0 Å². The van der Waals surface area contributed by atoms with Crippen LogP contribution in [0.5, 0.6) is 11.5 Å². The Kier molecular flexibility index (Phi) is 5.03. The predicted molar refractivity (Wildman–Crippen MR) is 76.7 cm³/mol. The van der Waals surface area contributed by atoms with E-state index in [-0.39, 0.29) is 11.8 Å². The van der Waals surface area contributed by atoms with Gasteiger partial charge in [-0.3, -0.25) is 20.4 Å². The van der Waals surface area contributed by atoms with Crippen molar-refractivity contribution in [3.8, 4) is 11.5 Å². The maximum absolute atomic E-state index is 11.8. The molecule has 6 heteroatoms. The van der Waals surface area contributed by atoms with Crippen molar-refractivity contribution in [2.45, 2.75) is 32.8 Å². The molecule has 0 aliphatic heterocycles. The number of hydrogen-bond donors (Lipinski definition) is 2. The van der Waals surface area contributed by atoms with Gasteiger partial charge in [-0.05, 0) is 51.0 Å². The lowest BCUT2D eigenvalue weighted by Crippen LogP contribution is -2.47. The molecule has 0 bridgehead atoms. The summed E-state index contributed by atoms with van der Waals surface area (Å²) in [5, 5.41) is 0. The Bertz CT molecular complexity index is 497. The summed E-state index contributed by atoms with van der Waals surface area (Å²) < 4.78 is 10.8. The number of ether oxygens (including phenoxy) is 2. The van der Waals surface area contributed by atoms with E-state index in [1.54, 1.807) is 31.2 Å². The second kappa shape index (κ2) is 6.97. The summed E-state index contributed by atoms with van der Waals surface area (Å²) >= 11 is 0. The zero-order valence-electron chi connectivity index (χ0n) is 12.2. The standard InChI is InChI=1S/C15H20N2O4/c1-3-20-12-6-8-13(9-7-12)21-10(2)14(18)16-17-15(19)11-4-5-11/h6-11H,3-5H2,1-2H3,(H,16,18)(H,17,19). The van der Waals surface area contributed by atoms with Gasteiger partial charge in [-0.25, -0.2) is 0 Å². The average Bonchev–Trinajstić information content (AvgIpc) is 3.31. The Morgan fingerprint density at radius 3 is 2.38 bits per heavy atom. The third-order valence-corrected chi connectivity index (χ3v) is 3.07. The summed E-state index contributed by atoms with van der Waals surface area (Å²) in [4.78, 5) is 23.2. The van der Waals surface area contributed by atoms with Crippen molar-refractivity contribution < 1.29 is 19.1 Å². The van der Waals surface area contributed by atoms with Crippen LogP contribution in [0.1, 0.15) is 26.7 Å². The van der Waals surface area contributed by atoms with E-state index in [9.17, 15) is 9.59 Å². The molecule has 1 fully saturated rings. The zero-order chi connectivity index (χ0) is 15.2. The molecule has 0 saturated heterocycles. The molecule has 1 aliphatic carbocycles. The molecule has 1 aromatic carbocycles. The molecule has 2 amide bonds. The molecule has 1 aromatic rings. The van der Waals surface area contributed by atoms with E-state index in [2.05, 4.69) is 10.9 Å². The SMILES string of the molecule is CCOc1ccc(OC(C)C(=O)NNC(=O)C2CC2)cc1. The average molecular weight is 292 g/mol. The smallest absolute Gasteiger partial charge is 0.279 e. The highest BCUT2D eigenvalue weighted by atomic mass is 16.5. The minimum absolute atomic E-state index is 0.0487. The van der Waals surface area contributed by atoms with E-state index in [0.29, 0.717) is 12.4 Å². The van der Waals surface area contributed by atoms with E-state index in [0.717, 1.165) is 18.6 Å². The number of rotatable bonds is 6. The molecule has 21 heavy (non-hydrogen) atoms. The van der Waals surface area contributed by atoms with Gasteiger partial charge < -0.3 is 9.47 Å². The Morgan fingerprint density at radius 1 is 1.19 bits per heavy atom. The Morgan fingerprint density at radius 2 is 1.81 bits per heavy atom. The molecule has 0 radical (unpaired) electrons. The lowest BCUT2D eigenvalue weighted by molar-refractivity contribution is -0.133. The van der Waals surface area contributed by atoms with Crippen molar-refractivity contribution in [3.05, 3.63) is 24.3 Å². The molecule has 2 rings (SSSR count). The van der Waals surface area contributed by atoms with Crippen LogP contribution >= 0.6 is 0 Å². The molecule has 0 heterocycles. The second-order valence-electron chi connectivity index (χ2n) is 4.92. The molecule has 1 atom stereocenters. The third kappa shape index (κ3) is 4.66. The van der Waals surface area contributed by atoms with Crippen LogP contribution in [0.2, 0.25) is 0 Å². The number of hydrogen-bond acceptors (Lipinski definition) is 4. The van der Waals surface area contributed by atoms with Crippen LogP contribution in [-0.4, -0.2) is 24.5 Å². The maximum Gasteiger partial charge on any atom is 0.279 e. The Hall–Kier alpha value is -2.24. The molecule has 114 valence electrons. The largest absolute Gasteiger partial charge is 0.494 e. The van der Waals surface area contributed by atoms with Crippen LogP contribution < -0.4 is 20.3 Å². The summed E-state index contributed by atoms with van der Waals surface area (Å²) in [6.45, 7) is 4.13. The second-order valence-corrected chi connectivity index (χ2v) is 4.92. The van der Waals surface area contributed by atoms with Crippen molar-refractivity contribution in [3.63, 3.8) is 0 Å². The molecular formula is C15H20N2O4. The van der Waals surface area contributed by atoms with Gasteiger partial charge in [-0.2, -0.15) is 0 Å². The summed E-state index contributed by atoms with van der Waals surface area (Å²) in [6.07, 6.45) is 1.07. The molecule has 0 aromatic heterocycles. The number of benzene rings is 1. The minimum atomic E-state index is -0.706. The van der Waals surface area contributed by atoms with Gasteiger partial charge in [0.15, 0.2) is 6.10 Å². The Labute approximate surface area is 123 Å². The first-order valence-electron chi connectivity index (χ1n) is 7.09. The highest BCUT2D eigenvalue weighted by Gasteiger charge is 2.30. The van der Waals surface area contributed by atoms with E-state index in [4.69, 9.17) is 9.47 Å². The lowest BCUT2D eigenvalue weighted by atomic mass is 10.3. The minimum Gasteiger partial charge on any atom is -0.494 e. The van der Waals surface area contributed by atoms with Gasteiger partial charge in [0.05, 0.1) is 6.61 Å². The molecule has 6 nitrogen and oxygen atoms in total. The van der Waals surface area contributed by atoms with Crippen LogP contribution in [0.4, 0.5) is 0 Å². The zero-order valence-corrected chi connectivity index (χ0v) is 12.2. The van der Waals surface area contributed by atoms with E-state index in [1.165, 1.54) is 0 Å². The monoisotopic (exact) mass is 292 g/mol. The molecule has 1 unspecified atom stereocenters. The molecule has 0 spiro atoms. The van der Waals surface area contributed by atoms with Crippen LogP contribution in [-0.2, 0) is 9.59 Å². The normalized spacial score (nSPS) is 15.0. The van der Waals surface area contributed by atoms with Gasteiger partial charge in [0.25, 0.3) is 5.91 Å². The number of hydrazine groups is 1.